The van der Waals surface area contributed by atoms with Crippen LogP contribution in [0.3, 0.4) is 0 Å². The topological polar surface area (TPSA) is 144 Å². The molecule has 2 unspecified atom stereocenters. The quantitative estimate of drug-likeness (QED) is 0.129. The second kappa shape index (κ2) is 17.3. The lowest BCUT2D eigenvalue weighted by molar-refractivity contribution is -0.201. The maximum absolute atomic E-state index is 12.9. The molecule has 37 heavy (non-hydrogen) atoms. The van der Waals surface area contributed by atoms with Crippen LogP contribution in [0, 0.1) is 17.3 Å². The Labute approximate surface area is 221 Å². The van der Waals surface area contributed by atoms with Gasteiger partial charge in [0.15, 0.2) is 5.78 Å². The molecule has 2 atom stereocenters. The number of unbranched alkanes of at least 4 members (excludes halogenated alkanes) is 10. The number of imide groups is 1. The molecule has 0 bridgehead atoms. The van der Waals surface area contributed by atoms with E-state index in [0.717, 1.165) is 25.7 Å². The molecule has 0 saturated carbocycles. The molecule has 2 amide bonds. The number of nitrogens with zero attached hydrogens (tertiary/aromatic N) is 1. The Morgan fingerprint density at radius 1 is 0.811 bits per heavy atom. The van der Waals surface area contributed by atoms with Crippen LogP contribution in [0.5, 0.6) is 0 Å². The summed E-state index contributed by atoms with van der Waals surface area (Å²) < 4.78 is 0. The zero-order chi connectivity index (χ0) is 27.8. The highest BCUT2D eigenvalue weighted by molar-refractivity contribution is 6.09. The fourth-order valence-electron chi connectivity index (χ4n) is 4.58. The maximum atomic E-state index is 12.9. The average Bonchev–Trinajstić information content (AvgIpc) is 3.13. The van der Waals surface area contributed by atoms with Gasteiger partial charge in [-0.2, -0.15) is 0 Å². The molecule has 1 heterocycles. The van der Waals surface area contributed by atoms with Crippen LogP contribution >= 0.6 is 0 Å². The molecule has 0 radical (unpaired) electrons. The Kier molecular flexibility index (Phi) is 15.3. The summed E-state index contributed by atoms with van der Waals surface area (Å²) in [5.74, 6) is -7.31. The van der Waals surface area contributed by atoms with E-state index in [1.54, 1.807) is 0 Å². The number of ketones is 1. The van der Waals surface area contributed by atoms with Crippen molar-refractivity contribution in [1.29, 1.82) is 0 Å². The van der Waals surface area contributed by atoms with E-state index >= 15 is 0 Å². The van der Waals surface area contributed by atoms with Crippen molar-refractivity contribution in [3.63, 3.8) is 0 Å². The molecule has 0 spiro atoms. The van der Waals surface area contributed by atoms with Crippen molar-refractivity contribution in [2.45, 2.75) is 124 Å². The van der Waals surface area contributed by atoms with E-state index in [0.29, 0.717) is 16.9 Å². The van der Waals surface area contributed by atoms with Crippen molar-refractivity contribution in [2.75, 3.05) is 6.54 Å². The van der Waals surface area contributed by atoms with Gasteiger partial charge in [0.25, 0.3) is 11.8 Å². The van der Waals surface area contributed by atoms with Gasteiger partial charge in [0.05, 0.1) is 0 Å². The van der Waals surface area contributed by atoms with E-state index in [1.165, 1.54) is 44.9 Å². The van der Waals surface area contributed by atoms with Crippen LogP contribution in [-0.2, 0) is 28.8 Å². The zero-order valence-corrected chi connectivity index (χ0v) is 23.1. The van der Waals surface area contributed by atoms with Crippen molar-refractivity contribution < 1.29 is 33.9 Å². The van der Waals surface area contributed by atoms with Crippen LogP contribution in [0.2, 0.25) is 0 Å². The molecule has 9 nitrogen and oxygen atoms in total. The number of carboxylic acid groups (broad SMARTS) is 1. The standard InChI is InChI=1S/C28H48N2O7/c1-28(2,3)19-14-12-10-8-6-4-5-7-9-11-13-15-21(26(34)35)25(33)22(18-20-29)27(36)37-30-23(31)16-17-24(30)32/h21-22H,4-20,29H2,1-3H3,(H,34,35). The molecule has 0 aromatic carbocycles. The van der Waals surface area contributed by atoms with Gasteiger partial charge in [-0.25, -0.2) is 4.79 Å². The number of carbonyl (C=O) groups excluding carboxylic acids is 4. The van der Waals surface area contributed by atoms with Crippen LogP contribution < -0.4 is 5.73 Å². The van der Waals surface area contributed by atoms with Gasteiger partial charge in [-0.05, 0) is 31.2 Å². The minimum atomic E-state index is -1.43. The Morgan fingerprint density at radius 2 is 1.27 bits per heavy atom. The minimum Gasteiger partial charge on any atom is -0.481 e. The van der Waals surface area contributed by atoms with E-state index in [2.05, 4.69) is 20.8 Å². The largest absolute Gasteiger partial charge is 0.481 e. The summed E-state index contributed by atoms with van der Waals surface area (Å²) in [5.41, 5.74) is 5.95. The number of hydrogen-bond donors (Lipinski definition) is 2. The van der Waals surface area contributed by atoms with Crippen molar-refractivity contribution in [3.05, 3.63) is 0 Å². The van der Waals surface area contributed by atoms with E-state index in [4.69, 9.17) is 10.6 Å². The number of hydroxylamine groups is 2. The third-order valence-electron chi connectivity index (χ3n) is 6.83. The summed E-state index contributed by atoms with van der Waals surface area (Å²) >= 11 is 0. The minimum absolute atomic E-state index is 0.0450. The number of carboxylic acids is 1. The molecule has 0 aromatic rings. The molecule has 0 aromatic heterocycles. The summed E-state index contributed by atoms with van der Waals surface area (Å²) in [4.78, 5) is 65.5. The molecular formula is C28H48N2O7. The van der Waals surface area contributed by atoms with Crippen molar-refractivity contribution in [3.8, 4) is 0 Å². The molecule has 1 fully saturated rings. The number of amides is 2. The number of aliphatic carboxylic acids is 1. The zero-order valence-electron chi connectivity index (χ0n) is 23.1. The number of nitrogens with two attached hydrogens (primary N) is 1. The Hall–Kier alpha value is -2.29. The van der Waals surface area contributed by atoms with E-state index in [-0.39, 0.29) is 32.2 Å². The number of carbonyl (C=O) groups is 5. The van der Waals surface area contributed by atoms with Gasteiger partial charge in [-0.3, -0.25) is 19.2 Å². The molecule has 1 saturated heterocycles. The van der Waals surface area contributed by atoms with Crippen molar-refractivity contribution in [2.24, 2.45) is 23.0 Å². The van der Waals surface area contributed by atoms with E-state index in [9.17, 15) is 29.1 Å². The van der Waals surface area contributed by atoms with Crippen molar-refractivity contribution in [1.82, 2.24) is 5.06 Å². The second-order valence-corrected chi connectivity index (χ2v) is 11.4. The monoisotopic (exact) mass is 524 g/mol. The van der Waals surface area contributed by atoms with Gasteiger partial charge < -0.3 is 15.7 Å². The first-order valence-corrected chi connectivity index (χ1v) is 14.0. The van der Waals surface area contributed by atoms with Crippen molar-refractivity contribution >= 4 is 29.5 Å². The first-order chi connectivity index (χ1) is 17.5. The smallest absolute Gasteiger partial charge is 0.343 e. The fourth-order valence-corrected chi connectivity index (χ4v) is 4.58. The highest BCUT2D eigenvalue weighted by atomic mass is 16.7. The Morgan fingerprint density at radius 3 is 1.70 bits per heavy atom. The van der Waals surface area contributed by atoms with Gasteiger partial charge in [-0.1, -0.05) is 91.4 Å². The third-order valence-corrected chi connectivity index (χ3v) is 6.83. The summed E-state index contributed by atoms with van der Waals surface area (Å²) in [6.45, 7) is 6.81. The normalized spacial score (nSPS) is 15.6. The number of hydrogen-bond acceptors (Lipinski definition) is 7. The molecule has 1 rings (SSSR count). The lowest BCUT2D eigenvalue weighted by atomic mass is 9.87. The second-order valence-electron chi connectivity index (χ2n) is 11.4. The Balaban J connectivity index is 2.32. The first-order valence-electron chi connectivity index (χ1n) is 14.0. The average molecular weight is 525 g/mol. The van der Waals surface area contributed by atoms with Crippen LogP contribution in [0.25, 0.3) is 0 Å². The fraction of sp³-hybridized carbons (Fsp3) is 0.821. The summed E-state index contributed by atoms with van der Waals surface area (Å²) in [5, 5.41) is 9.97. The molecule has 1 aliphatic rings. The van der Waals surface area contributed by atoms with E-state index in [1.807, 2.05) is 0 Å². The van der Waals surface area contributed by atoms with Gasteiger partial charge in [0, 0.05) is 12.8 Å². The molecule has 212 valence electrons. The van der Waals surface area contributed by atoms with Gasteiger partial charge >= 0.3 is 11.9 Å². The maximum Gasteiger partial charge on any atom is 0.343 e. The lowest BCUT2D eigenvalue weighted by Crippen LogP contribution is -2.40. The highest BCUT2D eigenvalue weighted by Gasteiger charge is 2.40. The predicted octanol–water partition coefficient (Wildman–Crippen LogP) is 4.95. The highest BCUT2D eigenvalue weighted by Crippen LogP contribution is 2.24. The molecule has 9 heteroatoms. The van der Waals surface area contributed by atoms with Crippen LogP contribution in [0.4, 0.5) is 0 Å². The third kappa shape index (κ3) is 13.2. The summed E-state index contributed by atoms with van der Waals surface area (Å²) in [7, 11) is 0. The van der Waals surface area contributed by atoms with Gasteiger partial charge in [-0.15, -0.1) is 5.06 Å². The Bertz CT molecular complexity index is 744. The molecule has 0 aliphatic carbocycles. The molecular weight excluding hydrogens is 476 g/mol. The molecule has 3 N–H and O–H groups in total. The van der Waals surface area contributed by atoms with Crippen LogP contribution in [0.1, 0.15) is 124 Å². The predicted molar refractivity (Wildman–Crippen MR) is 140 cm³/mol. The first kappa shape index (κ1) is 32.7. The lowest BCUT2D eigenvalue weighted by Gasteiger charge is -2.20. The number of rotatable bonds is 20. The number of Topliss-reactive ketones (excluding diaryl/α,β-unsaturated/α-hetero) is 1. The summed E-state index contributed by atoms with van der Waals surface area (Å²) in [6.07, 6.45) is 13.4. The summed E-state index contributed by atoms with van der Waals surface area (Å²) in [6, 6.07) is 0. The SMILES string of the molecule is CC(C)(C)CCCCCCCCCCCCCC(C(=O)O)C(=O)C(CCN)C(=O)ON1C(=O)CCC1=O. The van der Waals surface area contributed by atoms with Crippen LogP contribution in [0.15, 0.2) is 0 Å². The van der Waals surface area contributed by atoms with E-state index < -0.39 is 41.4 Å². The van der Waals surface area contributed by atoms with Gasteiger partial charge in [0.2, 0.25) is 0 Å². The van der Waals surface area contributed by atoms with Gasteiger partial charge in [0.1, 0.15) is 11.8 Å². The molecule has 1 aliphatic heterocycles. The van der Waals surface area contributed by atoms with Crippen LogP contribution in [-0.4, -0.2) is 46.3 Å².